The maximum atomic E-state index is 11.8. The summed E-state index contributed by atoms with van der Waals surface area (Å²) in [6.45, 7) is 2.15. The van der Waals surface area contributed by atoms with Crippen molar-refractivity contribution in [2.45, 2.75) is 44.3 Å². The van der Waals surface area contributed by atoms with Crippen molar-refractivity contribution >= 4 is 21.7 Å². The molecule has 2 atom stereocenters. The standard InChI is InChI=1S/C12H21NO5S/c1-9(5-6-11(14)15)8-13-12(16)10-4-2-3-7-19(10,17)18/h9-10H,2-8H2,1H3,(H,13,16)(H,14,15). The third-order valence-electron chi connectivity index (χ3n) is 3.35. The number of sulfone groups is 1. The highest BCUT2D eigenvalue weighted by atomic mass is 32.2. The quantitative estimate of drug-likeness (QED) is 0.745. The van der Waals surface area contributed by atoms with Crippen molar-refractivity contribution in [1.29, 1.82) is 0 Å². The molecule has 0 spiro atoms. The van der Waals surface area contributed by atoms with E-state index in [1.807, 2.05) is 6.92 Å². The van der Waals surface area contributed by atoms with E-state index in [0.29, 0.717) is 25.8 Å². The number of amides is 1. The Morgan fingerprint density at radius 1 is 1.37 bits per heavy atom. The molecule has 1 fully saturated rings. The number of rotatable bonds is 6. The third kappa shape index (κ3) is 5.18. The van der Waals surface area contributed by atoms with Gasteiger partial charge in [0.2, 0.25) is 5.91 Å². The molecule has 1 rings (SSSR count). The number of hydrogen-bond donors (Lipinski definition) is 2. The highest BCUT2D eigenvalue weighted by Crippen LogP contribution is 2.19. The Morgan fingerprint density at radius 2 is 2.05 bits per heavy atom. The van der Waals surface area contributed by atoms with Crippen molar-refractivity contribution in [3.05, 3.63) is 0 Å². The van der Waals surface area contributed by atoms with Crippen LogP contribution in [0.25, 0.3) is 0 Å². The lowest BCUT2D eigenvalue weighted by Gasteiger charge is -2.22. The molecule has 0 aromatic carbocycles. The van der Waals surface area contributed by atoms with E-state index in [1.165, 1.54) is 0 Å². The molecular formula is C12H21NO5S. The lowest BCUT2D eigenvalue weighted by Crippen LogP contribution is -2.44. The van der Waals surface area contributed by atoms with Gasteiger partial charge in [-0.05, 0) is 25.2 Å². The summed E-state index contributed by atoms with van der Waals surface area (Å²) in [6, 6.07) is 0. The van der Waals surface area contributed by atoms with Crippen molar-refractivity contribution in [3.63, 3.8) is 0 Å². The molecule has 1 aliphatic rings. The molecule has 0 aliphatic carbocycles. The Hall–Kier alpha value is -1.11. The average molecular weight is 291 g/mol. The number of carbonyl (C=O) groups is 2. The molecule has 0 aromatic heterocycles. The van der Waals surface area contributed by atoms with Gasteiger partial charge in [-0.1, -0.05) is 13.3 Å². The monoisotopic (exact) mass is 291 g/mol. The van der Waals surface area contributed by atoms with Crippen LogP contribution >= 0.6 is 0 Å². The van der Waals surface area contributed by atoms with Gasteiger partial charge in [0.05, 0.1) is 5.75 Å². The number of carboxylic acid groups (broad SMARTS) is 1. The van der Waals surface area contributed by atoms with E-state index < -0.39 is 27.0 Å². The molecule has 2 N–H and O–H groups in total. The van der Waals surface area contributed by atoms with Crippen LogP contribution in [-0.4, -0.2) is 42.9 Å². The van der Waals surface area contributed by atoms with Crippen LogP contribution in [0.2, 0.25) is 0 Å². The number of hydrogen-bond acceptors (Lipinski definition) is 4. The highest BCUT2D eigenvalue weighted by Gasteiger charge is 2.34. The molecule has 0 bridgehead atoms. The van der Waals surface area contributed by atoms with Crippen LogP contribution in [0.3, 0.4) is 0 Å². The van der Waals surface area contributed by atoms with E-state index >= 15 is 0 Å². The minimum absolute atomic E-state index is 0.0198. The summed E-state index contributed by atoms with van der Waals surface area (Å²) in [5, 5.41) is 10.2. The van der Waals surface area contributed by atoms with Crippen LogP contribution in [0.15, 0.2) is 0 Å². The molecule has 0 radical (unpaired) electrons. The Balaban J connectivity index is 2.40. The van der Waals surface area contributed by atoms with Gasteiger partial charge in [0, 0.05) is 13.0 Å². The van der Waals surface area contributed by atoms with Crippen molar-refractivity contribution in [2.24, 2.45) is 5.92 Å². The largest absolute Gasteiger partial charge is 0.481 e. The molecular weight excluding hydrogens is 270 g/mol. The van der Waals surface area contributed by atoms with Gasteiger partial charge in [0.1, 0.15) is 5.25 Å². The SMILES string of the molecule is CC(CCC(=O)O)CNC(=O)C1CCCCS1(=O)=O. The molecule has 0 saturated carbocycles. The van der Waals surface area contributed by atoms with Crippen molar-refractivity contribution in [3.8, 4) is 0 Å². The predicted octanol–water partition coefficient (Wildman–Crippen LogP) is 0.571. The zero-order chi connectivity index (χ0) is 14.5. The first-order valence-electron chi connectivity index (χ1n) is 6.54. The molecule has 19 heavy (non-hydrogen) atoms. The predicted molar refractivity (Wildman–Crippen MR) is 70.5 cm³/mol. The smallest absolute Gasteiger partial charge is 0.303 e. The maximum Gasteiger partial charge on any atom is 0.303 e. The fourth-order valence-corrected chi connectivity index (χ4v) is 3.94. The molecule has 6 nitrogen and oxygen atoms in total. The lowest BCUT2D eigenvalue weighted by molar-refractivity contribution is -0.137. The van der Waals surface area contributed by atoms with Crippen LogP contribution in [-0.2, 0) is 19.4 Å². The first-order valence-corrected chi connectivity index (χ1v) is 8.25. The molecule has 1 saturated heterocycles. The van der Waals surface area contributed by atoms with E-state index in [0.717, 1.165) is 6.42 Å². The highest BCUT2D eigenvalue weighted by molar-refractivity contribution is 7.92. The minimum Gasteiger partial charge on any atom is -0.481 e. The van der Waals surface area contributed by atoms with Crippen LogP contribution < -0.4 is 5.32 Å². The zero-order valence-corrected chi connectivity index (χ0v) is 11.9. The van der Waals surface area contributed by atoms with Gasteiger partial charge in [-0.2, -0.15) is 0 Å². The molecule has 110 valence electrons. The summed E-state index contributed by atoms with van der Waals surface area (Å²) >= 11 is 0. The summed E-state index contributed by atoms with van der Waals surface area (Å²) in [7, 11) is -3.30. The Bertz CT molecular complexity index is 431. The molecule has 1 aliphatic heterocycles. The maximum absolute atomic E-state index is 11.8. The Morgan fingerprint density at radius 3 is 2.63 bits per heavy atom. The van der Waals surface area contributed by atoms with E-state index in [-0.39, 0.29) is 18.1 Å². The lowest BCUT2D eigenvalue weighted by atomic mass is 10.1. The number of carboxylic acids is 1. The second-order valence-corrected chi connectivity index (χ2v) is 7.44. The van der Waals surface area contributed by atoms with Gasteiger partial charge < -0.3 is 10.4 Å². The van der Waals surface area contributed by atoms with E-state index in [2.05, 4.69) is 5.32 Å². The minimum atomic E-state index is -3.30. The van der Waals surface area contributed by atoms with Crippen LogP contribution in [0.1, 0.15) is 39.0 Å². The third-order valence-corrected chi connectivity index (χ3v) is 5.52. The van der Waals surface area contributed by atoms with E-state index in [4.69, 9.17) is 5.11 Å². The van der Waals surface area contributed by atoms with Gasteiger partial charge in [-0.15, -0.1) is 0 Å². The summed E-state index contributed by atoms with van der Waals surface area (Å²) in [4.78, 5) is 22.3. The second kappa shape index (κ2) is 6.88. The summed E-state index contributed by atoms with van der Waals surface area (Å²) in [5.74, 6) is -1.21. The van der Waals surface area contributed by atoms with Crippen LogP contribution in [0, 0.1) is 5.92 Å². The molecule has 7 heteroatoms. The van der Waals surface area contributed by atoms with Gasteiger partial charge in [-0.3, -0.25) is 9.59 Å². The Labute approximate surface area is 113 Å². The van der Waals surface area contributed by atoms with Gasteiger partial charge in [0.15, 0.2) is 9.84 Å². The fraction of sp³-hybridized carbons (Fsp3) is 0.833. The van der Waals surface area contributed by atoms with Crippen molar-refractivity contribution in [2.75, 3.05) is 12.3 Å². The molecule has 1 amide bonds. The first-order chi connectivity index (χ1) is 8.83. The molecule has 2 unspecified atom stereocenters. The first kappa shape index (κ1) is 15.9. The number of aliphatic carboxylic acids is 1. The molecule has 1 heterocycles. The summed E-state index contributed by atoms with van der Waals surface area (Å²) in [5.41, 5.74) is 0. The van der Waals surface area contributed by atoms with Gasteiger partial charge in [0.25, 0.3) is 0 Å². The van der Waals surface area contributed by atoms with Gasteiger partial charge >= 0.3 is 5.97 Å². The zero-order valence-electron chi connectivity index (χ0n) is 11.1. The molecule has 0 aromatic rings. The van der Waals surface area contributed by atoms with Crippen LogP contribution in [0.4, 0.5) is 0 Å². The normalized spacial score (nSPS) is 23.5. The van der Waals surface area contributed by atoms with E-state index in [1.54, 1.807) is 0 Å². The van der Waals surface area contributed by atoms with E-state index in [9.17, 15) is 18.0 Å². The summed E-state index contributed by atoms with van der Waals surface area (Å²) < 4.78 is 23.5. The van der Waals surface area contributed by atoms with Crippen LogP contribution in [0.5, 0.6) is 0 Å². The average Bonchev–Trinajstić information content (AvgIpc) is 2.32. The van der Waals surface area contributed by atoms with Crippen molar-refractivity contribution < 1.29 is 23.1 Å². The fourth-order valence-electron chi connectivity index (χ4n) is 2.11. The summed E-state index contributed by atoms with van der Waals surface area (Å²) in [6.07, 6.45) is 2.29. The Kier molecular flexibility index (Phi) is 5.78. The van der Waals surface area contributed by atoms with Crippen molar-refractivity contribution in [1.82, 2.24) is 5.32 Å². The van der Waals surface area contributed by atoms with Gasteiger partial charge in [-0.25, -0.2) is 8.42 Å². The number of nitrogens with one attached hydrogen (secondary N) is 1. The second-order valence-electron chi connectivity index (χ2n) is 5.13. The topological polar surface area (TPSA) is 101 Å². The number of carbonyl (C=O) groups excluding carboxylic acids is 1.